The number of aliphatic carboxylic acids is 1. The maximum absolute atomic E-state index is 13.3. The first-order chi connectivity index (χ1) is 17.0. The lowest BCUT2D eigenvalue weighted by Gasteiger charge is -2.29. The van der Waals surface area contributed by atoms with E-state index in [2.05, 4.69) is 18.0 Å². The summed E-state index contributed by atoms with van der Waals surface area (Å²) >= 11 is 0. The van der Waals surface area contributed by atoms with Gasteiger partial charge in [0.1, 0.15) is 12.0 Å². The largest absolute Gasteiger partial charge is 0.493 e. The van der Waals surface area contributed by atoms with Crippen LogP contribution < -0.4 is 10.5 Å². The molecule has 2 aliphatic heterocycles. The summed E-state index contributed by atoms with van der Waals surface area (Å²) in [7, 11) is 0. The minimum absolute atomic E-state index is 0.00262. The summed E-state index contributed by atoms with van der Waals surface area (Å²) in [6.45, 7) is 4.99. The van der Waals surface area contributed by atoms with Crippen LogP contribution in [0.2, 0.25) is 0 Å². The highest BCUT2D eigenvalue weighted by Crippen LogP contribution is 2.41. The number of aromatic nitrogens is 1. The number of nitrogens with zero attached hydrogens (tertiary/aromatic N) is 3. The zero-order valence-corrected chi connectivity index (χ0v) is 20.4. The number of carboxylic acids is 1. The molecular formula is C26H36N4O5. The summed E-state index contributed by atoms with van der Waals surface area (Å²) in [5.41, 5.74) is 7.87. The van der Waals surface area contributed by atoms with Crippen LogP contribution in [0.4, 0.5) is 0 Å². The van der Waals surface area contributed by atoms with E-state index in [9.17, 15) is 14.7 Å². The van der Waals surface area contributed by atoms with E-state index in [4.69, 9.17) is 14.9 Å². The lowest BCUT2D eigenvalue weighted by Crippen LogP contribution is -2.45. The minimum Gasteiger partial charge on any atom is -0.493 e. The Morgan fingerprint density at radius 3 is 2.89 bits per heavy atom. The van der Waals surface area contributed by atoms with E-state index in [0.717, 1.165) is 36.1 Å². The second-order valence-corrected chi connectivity index (χ2v) is 9.42. The van der Waals surface area contributed by atoms with Crippen LogP contribution in [0.5, 0.6) is 5.75 Å². The molecule has 2 aliphatic rings. The first-order valence-electron chi connectivity index (χ1n) is 12.6. The molecule has 0 bridgehead atoms. The van der Waals surface area contributed by atoms with E-state index < -0.39 is 11.9 Å². The normalized spacial score (nSPS) is 21.6. The molecule has 4 rings (SSSR count). The van der Waals surface area contributed by atoms with Crippen molar-refractivity contribution in [3.8, 4) is 5.75 Å². The fourth-order valence-electron chi connectivity index (χ4n) is 5.41. The zero-order valence-electron chi connectivity index (χ0n) is 20.4. The third kappa shape index (κ3) is 5.85. The van der Waals surface area contributed by atoms with Gasteiger partial charge in [0.2, 0.25) is 5.91 Å². The number of fused-ring (bicyclic) bond motifs is 1. The van der Waals surface area contributed by atoms with Gasteiger partial charge in [-0.1, -0.05) is 25.5 Å². The summed E-state index contributed by atoms with van der Waals surface area (Å²) in [4.78, 5) is 33.9. The molecule has 0 aliphatic carbocycles. The molecule has 0 spiro atoms. The number of carbonyl (C=O) groups excluding carboxylic acids is 1. The Bertz CT molecular complexity index is 996. The SMILES string of the molecule is CCCCN(CCN)C(=O)CN1C[C@H](c2ccc3c(c2)CCO3)C(C(=O)O)[C@@H]1CCc1ncco1. The standard InChI is InChI=1S/C26H36N4O5/c1-2-3-11-29(12-9-27)24(31)17-30-16-20(18-4-6-22-19(15-18)8-13-34-22)25(26(32)33)21(30)5-7-23-28-10-14-35-23/h4,6,10,14-15,20-21,25H,2-3,5,7-9,11-13,16-17,27H2,1H3,(H,32,33)/t20-,21+,25?/m1/s1. The molecule has 1 aromatic heterocycles. The second-order valence-electron chi connectivity index (χ2n) is 9.42. The van der Waals surface area contributed by atoms with Crippen LogP contribution in [-0.4, -0.2) is 77.1 Å². The van der Waals surface area contributed by atoms with Gasteiger partial charge < -0.3 is 24.9 Å². The van der Waals surface area contributed by atoms with Crippen LogP contribution in [0.1, 0.15) is 49.1 Å². The number of amides is 1. The van der Waals surface area contributed by atoms with Crippen LogP contribution in [0, 0.1) is 5.92 Å². The molecule has 1 saturated heterocycles. The number of hydrogen-bond donors (Lipinski definition) is 2. The third-order valence-electron chi connectivity index (χ3n) is 7.18. The maximum Gasteiger partial charge on any atom is 0.308 e. The summed E-state index contributed by atoms with van der Waals surface area (Å²) in [6.07, 6.45) is 6.90. The molecule has 0 radical (unpaired) electrons. The van der Waals surface area contributed by atoms with Crippen LogP contribution in [0.25, 0.3) is 0 Å². The number of ether oxygens (including phenoxy) is 1. The van der Waals surface area contributed by atoms with Crippen LogP contribution in [0.3, 0.4) is 0 Å². The summed E-state index contributed by atoms with van der Waals surface area (Å²) in [5, 5.41) is 10.3. The molecule has 35 heavy (non-hydrogen) atoms. The van der Waals surface area contributed by atoms with Gasteiger partial charge in [0, 0.05) is 51.0 Å². The van der Waals surface area contributed by atoms with Gasteiger partial charge >= 0.3 is 5.97 Å². The van der Waals surface area contributed by atoms with Gasteiger partial charge in [0.05, 0.1) is 25.3 Å². The van der Waals surface area contributed by atoms with Gasteiger partial charge in [-0.15, -0.1) is 0 Å². The Morgan fingerprint density at radius 2 is 2.17 bits per heavy atom. The van der Waals surface area contributed by atoms with E-state index in [1.54, 1.807) is 6.20 Å². The van der Waals surface area contributed by atoms with Crippen molar-refractivity contribution in [3.63, 3.8) is 0 Å². The maximum atomic E-state index is 13.3. The van der Waals surface area contributed by atoms with E-state index >= 15 is 0 Å². The molecule has 3 N–H and O–H groups in total. The van der Waals surface area contributed by atoms with Crippen molar-refractivity contribution >= 4 is 11.9 Å². The third-order valence-corrected chi connectivity index (χ3v) is 7.18. The number of benzene rings is 1. The molecule has 9 heteroatoms. The first-order valence-corrected chi connectivity index (χ1v) is 12.6. The molecule has 1 aromatic carbocycles. The second kappa shape index (κ2) is 11.7. The van der Waals surface area contributed by atoms with Crippen molar-refractivity contribution in [2.75, 3.05) is 39.3 Å². The highest BCUT2D eigenvalue weighted by Gasteiger charge is 2.47. The van der Waals surface area contributed by atoms with Gasteiger partial charge in [0.15, 0.2) is 5.89 Å². The lowest BCUT2D eigenvalue weighted by atomic mass is 9.83. The smallest absolute Gasteiger partial charge is 0.308 e. The van der Waals surface area contributed by atoms with Crippen molar-refractivity contribution < 1.29 is 23.8 Å². The predicted molar refractivity (Wildman–Crippen MR) is 130 cm³/mol. The van der Waals surface area contributed by atoms with Crippen molar-refractivity contribution in [2.24, 2.45) is 11.7 Å². The van der Waals surface area contributed by atoms with Gasteiger partial charge in [-0.3, -0.25) is 14.5 Å². The topological polar surface area (TPSA) is 122 Å². The number of carbonyl (C=O) groups is 2. The van der Waals surface area contributed by atoms with Crippen LogP contribution >= 0.6 is 0 Å². The Balaban J connectivity index is 1.58. The Hall–Kier alpha value is -2.91. The fraction of sp³-hybridized carbons (Fsp3) is 0.577. The average molecular weight is 485 g/mol. The van der Waals surface area contributed by atoms with E-state index in [1.165, 1.54) is 6.26 Å². The fourth-order valence-corrected chi connectivity index (χ4v) is 5.41. The van der Waals surface area contributed by atoms with E-state index in [0.29, 0.717) is 51.5 Å². The monoisotopic (exact) mass is 484 g/mol. The molecule has 1 fully saturated rings. The van der Waals surface area contributed by atoms with Crippen molar-refractivity contribution in [1.29, 1.82) is 0 Å². The van der Waals surface area contributed by atoms with Crippen LogP contribution in [-0.2, 0) is 22.4 Å². The molecule has 1 amide bonds. The Morgan fingerprint density at radius 1 is 1.31 bits per heavy atom. The first kappa shape index (κ1) is 25.2. The number of nitrogens with two attached hydrogens (primary N) is 1. The Kier molecular flexibility index (Phi) is 8.41. The number of oxazole rings is 1. The van der Waals surface area contributed by atoms with Crippen LogP contribution in [0.15, 0.2) is 35.1 Å². The number of carboxylic acid groups (broad SMARTS) is 1. The number of aryl methyl sites for hydroxylation is 1. The van der Waals surface area contributed by atoms with Gasteiger partial charge in [-0.25, -0.2) is 4.98 Å². The van der Waals surface area contributed by atoms with Gasteiger partial charge in [-0.2, -0.15) is 0 Å². The molecule has 0 saturated carbocycles. The molecule has 9 nitrogen and oxygen atoms in total. The molecule has 2 aromatic rings. The minimum atomic E-state index is -0.844. The summed E-state index contributed by atoms with van der Waals surface area (Å²) in [6, 6.07) is 5.69. The quantitative estimate of drug-likeness (QED) is 0.471. The molecule has 1 unspecified atom stereocenters. The average Bonchev–Trinajstić information content (AvgIpc) is 3.59. The number of hydrogen-bond acceptors (Lipinski definition) is 7. The number of unbranched alkanes of at least 4 members (excludes halogenated alkanes) is 1. The van der Waals surface area contributed by atoms with E-state index in [-0.39, 0.29) is 24.4 Å². The van der Waals surface area contributed by atoms with Crippen molar-refractivity contribution in [3.05, 3.63) is 47.7 Å². The summed E-state index contributed by atoms with van der Waals surface area (Å²) in [5.74, 6) is -0.261. The predicted octanol–water partition coefficient (Wildman–Crippen LogP) is 2.30. The molecule has 190 valence electrons. The molecule has 3 atom stereocenters. The molecule has 3 heterocycles. The highest BCUT2D eigenvalue weighted by atomic mass is 16.5. The zero-order chi connectivity index (χ0) is 24.8. The van der Waals surface area contributed by atoms with Crippen molar-refractivity contribution in [1.82, 2.24) is 14.8 Å². The van der Waals surface area contributed by atoms with Crippen molar-refractivity contribution in [2.45, 2.75) is 51.0 Å². The van der Waals surface area contributed by atoms with Gasteiger partial charge in [0.25, 0.3) is 0 Å². The van der Waals surface area contributed by atoms with E-state index in [1.807, 2.05) is 21.9 Å². The van der Waals surface area contributed by atoms with Gasteiger partial charge in [-0.05, 0) is 30.0 Å². The molecular weight excluding hydrogens is 448 g/mol. The summed E-state index contributed by atoms with van der Waals surface area (Å²) < 4.78 is 11.0. The number of rotatable bonds is 12. The lowest BCUT2D eigenvalue weighted by molar-refractivity contribution is -0.143. The highest BCUT2D eigenvalue weighted by molar-refractivity contribution is 5.79. The number of likely N-dealkylation sites (tertiary alicyclic amines) is 1. The Labute approximate surface area is 206 Å².